The fraction of sp³-hybridized carbons (Fsp3) is 0.200. The lowest BCUT2D eigenvalue weighted by Gasteiger charge is -2.51. The highest BCUT2D eigenvalue weighted by molar-refractivity contribution is 5.72. The van der Waals surface area contributed by atoms with Gasteiger partial charge in [-0.15, -0.1) is 0 Å². The number of aromatic hydroxyl groups is 11. The summed E-state index contributed by atoms with van der Waals surface area (Å²) in [4.78, 5) is 0. The van der Waals surface area contributed by atoms with Crippen LogP contribution in [0.4, 0.5) is 0 Å². The summed E-state index contributed by atoms with van der Waals surface area (Å²) in [5.41, 5.74) is -0.583. The van der Waals surface area contributed by atoms with Gasteiger partial charge in [0, 0.05) is 64.1 Å². The van der Waals surface area contributed by atoms with Gasteiger partial charge in [0.05, 0.1) is 17.9 Å². The molecule has 0 fully saturated rings. The lowest BCUT2D eigenvalue weighted by molar-refractivity contribution is -0.219. The average Bonchev–Trinajstić information content (AvgIpc) is 3.22. The maximum Gasteiger partial charge on any atom is 0.305 e. The van der Waals surface area contributed by atoms with E-state index >= 15 is 0 Å². The summed E-state index contributed by atoms with van der Waals surface area (Å²) in [5, 5.41) is 155. The number of fused-ring (bicyclic) bond motifs is 9. The molecule has 8 atom stereocenters. The van der Waals surface area contributed by atoms with Crippen molar-refractivity contribution in [3.8, 4) is 86.2 Å². The third kappa shape index (κ3) is 5.68. The Hall–Kier alpha value is -7.80. The summed E-state index contributed by atoms with van der Waals surface area (Å²) in [6.45, 7) is 0. The van der Waals surface area contributed by atoms with Crippen molar-refractivity contribution in [2.24, 2.45) is 0 Å². The minimum atomic E-state index is -2.31. The van der Waals surface area contributed by atoms with Crippen molar-refractivity contribution in [3.05, 3.63) is 123 Å². The van der Waals surface area contributed by atoms with Crippen molar-refractivity contribution >= 4 is 0 Å². The maximum absolute atomic E-state index is 12.5. The summed E-state index contributed by atoms with van der Waals surface area (Å²) in [5.74, 6) is -12.6. The number of hydrogen-bond donors (Lipinski definition) is 14. The van der Waals surface area contributed by atoms with E-state index in [9.17, 15) is 71.5 Å². The van der Waals surface area contributed by atoms with Gasteiger partial charge in [0.2, 0.25) is 0 Å². The summed E-state index contributed by atoms with van der Waals surface area (Å²) >= 11 is 0. The van der Waals surface area contributed by atoms with Crippen LogP contribution in [0.2, 0.25) is 0 Å². The summed E-state index contributed by atoms with van der Waals surface area (Å²) in [6.07, 6.45) is -8.29. The van der Waals surface area contributed by atoms with Crippen LogP contribution in [0.5, 0.6) is 86.2 Å². The van der Waals surface area contributed by atoms with Crippen molar-refractivity contribution in [2.45, 2.75) is 54.6 Å². The second-order valence-corrected chi connectivity index (χ2v) is 15.9. The third-order valence-corrected chi connectivity index (χ3v) is 12.2. The highest BCUT2D eigenvalue weighted by Gasteiger charge is 2.61. The zero-order valence-corrected chi connectivity index (χ0v) is 32.1. The van der Waals surface area contributed by atoms with Gasteiger partial charge in [-0.2, -0.15) is 0 Å². The van der Waals surface area contributed by atoms with Gasteiger partial charge in [0.25, 0.3) is 0 Å². The van der Waals surface area contributed by atoms with E-state index in [0.29, 0.717) is 0 Å². The molecule has 2 unspecified atom stereocenters. The zero-order chi connectivity index (χ0) is 44.5. The Morgan fingerprint density at radius 1 is 0.444 bits per heavy atom. The molecule has 0 saturated heterocycles. The summed E-state index contributed by atoms with van der Waals surface area (Å²) in [7, 11) is 0. The van der Waals surface area contributed by atoms with E-state index in [1.807, 2.05) is 0 Å². The lowest BCUT2D eigenvalue weighted by atomic mass is 9.71. The van der Waals surface area contributed by atoms with Gasteiger partial charge < -0.3 is 90.4 Å². The molecule has 2 bridgehead atoms. The first-order valence-corrected chi connectivity index (χ1v) is 19.3. The Bertz CT molecular complexity index is 2910. The van der Waals surface area contributed by atoms with Gasteiger partial charge in [0.15, 0.2) is 40.6 Å². The van der Waals surface area contributed by atoms with E-state index < -0.39 is 111 Å². The molecule has 0 spiro atoms. The van der Waals surface area contributed by atoms with Gasteiger partial charge in [-0.25, -0.2) is 0 Å². The monoisotopic (exact) mass is 864 g/mol. The Kier molecular flexibility index (Phi) is 8.49. The number of phenolic OH excluding ortho intramolecular Hbond substituents is 11. The molecule has 18 nitrogen and oxygen atoms in total. The van der Waals surface area contributed by atoms with Crippen molar-refractivity contribution < 1.29 is 90.4 Å². The smallest absolute Gasteiger partial charge is 0.305 e. The number of aliphatic hydroxyl groups is 3. The Morgan fingerprint density at radius 2 is 0.984 bits per heavy atom. The van der Waals surface area contributed by atoms with Crippen molar-refractivity contribution in [1.82, 2.24) is 0 Å². The normalized spacial score (nSPS) is 25.2. The fourth-order valence-corrected chi connectivity index (χ4v) is 9.32. The van der Waals surface area contributed by atoms with Crippen LogP contribution in [0.3, 0.4) is 0 Å². The molecule has 4 aliphatic heterocycles. The molecule has 14 N–H and O–H groups in total. The Labute approximate surface area is 354 Å². The molecule has 0 aromatic heterocycles. The van der Waals surface area contributed by atoms with Crippen LogP contribution in [0.15, 0.2) is 78.9 Å². The molecular formula is C45H36O18. The number of rotatable bonds is 4. The first-order valence-electron chi connectivity index (χ1n) is 19.3. The number of hydrogen-bond acceptors (Lipinski definition) is 18. The topological polar surface area (TPSA) is 320 Å². The van der Waals surface area contributed by atoms with E-state index in [1.165, 1.54) is 18.2 Å². The van der Waals surface area contributed by atoms with Crippen LogP contribution in [0.25, 0.3) is 0 Å². The second-order valence-electron chi connectivity index (χ2n) is 15.9. The van der Waals surface area contributed by atoms with Crippen molar-refractivity contribution in [2.75, 3.05) is 0 Å². The molecule has 63 heavy (non-hydrogen) atoms. The molecular weight excluding hydrogens is 828 g/mol. The molecule has 18 heteroatoms. The van der Waals surface area contributed by atoms with E-state index in [0.717, 1.165) is 60.7 Å². The molecule has 6 aromatic rings. The lowest BCUT2D eigenvalue weighted by Crippen LogP contribution is -2.57. The van der Waals surface area contributed by atoms with Gasteiger partial charge in [-0.3, -0.25) is 0 Å². The van der Waals surface area contributed by atoms with Crippen LogP contribution >= 0.6 is 0 Å². The van der Waals surface area contributed by atoms with Gasteiger partial charge in [0.1, 0.15) is 70.1 Å². The highest BCUT2D eigenvalue weighted by atomic mass is 16.7. The first kappa shape index (κ1) is 39.3. The predicted molar refractivity (Wildman–Crippen MR) is 212 cm³/mol. The molecule has 0 amide bonds. The van der Waals surface area contributed by atoms with Crippen molar-refractivity contribution in [3.63, 3.8) is 0 Å². The average molecular weight is 865 g/mol. The third-order valence-electron chi connectivity index (χ3n) is 12.2. The molecule has 0 aliphatic carbocycles. The minimum Gasteiger partial charge on any atom is -0.508 e. The highest BCUT2D eigenvalue weighted by Crippen LogP contribution is 2.65. The van der Waals surface area contributed by atoms with Gasteiger partial charge in [-0.05, 0) is 53.6 Å². The Morgan fingerprint density at radius 3 is 1.62 bits per heavy atom. The van der Waals surface area contributed by atoms with Crippen LogP contribution in [0.1, 0.15) is 68.6 Å². The largest absolute Gasteiger partial charge is 0.508 e. The number of aliphatic hydroxyl groups excluding tert-OH is 3. The molecule has 324 valence electrons. The summed E-state index contributed by atoms with van der Waals surface area (Å²) in [6, 6.07) is 14.8. The molecule has 6 aromatic carbocycles. The van der Waals surface area contributed by atoms with Gasteiger partial charge in [-0.1, -0.05) is 12.1 Å². The van der Waals surface area contributed by atoms with Gasteiger partial charge >= 0.3 is 5.79 Å². The van der Waals surface area contributed by atoms with Crippen LogP contribution in [-0.2, 0) is 12.2 Å². The van der Waals surface area contributed by atoms with E-state index in [2.05, 4.69) is 0 Å². The summed E-state index contributed by atoms with van der Waals surface area (Å²) < 4.78 is 25.6. The van der Waals surface area contributed by atoms with Crippen LogP contribution < -0.4 is 18.9 Å². The molecule has 4 aliphatic rings. The Balaban J connectivity index is 1.25. The molecule has 10 rings (SSSR count). The number of benzene rings is 6. The zero-order valence-electron chi connectivity index (χ0n) is 32.1. The predicted octanol–water partition coefficient (Wildman–Crippen LogP) is 4.24. The molecule has 4 heterocycles. The van der Waals surface area contributed by atoms with E-state index in [1.54, 1.807) is 0 Å². The van der Waals surface area contributed by atoms with Crippen LogP contribution in [-0.4, -0.2) is 89.8 Å². The number of ether oxygens (including phenoxy) is 4. The molecule has 0 saturated carbocycles. The molecule has 0 radical (unpaired) electrons. The first-order chi connectivity index (χ1) is 30.0. The standard InChI is InChI=1S/C45H36O18/c46-18-10-27(54)33-31(11-18)62-45(17-3-6-22(49)26(53)9-17)44(59)38(33)36-32(63-45)14-29(56)35-37(39(58)41(61-43(35)36)16-2-5-21(48)25(52)8-16)34-28(55)13-23(50)19-12-30(57)40(60-42(19)34)15-1-4-20(47)24(51)7-15/h1-11,13-14,30,37-41,44,46-59H,12H2/t30-,37?,38-,39-,40-,41?,44-,45+/m1/s1. The maximum atomic E-state index is 12.5. The SMILES string of the molecule is Oc1cc(O)c2c(c1)O[C@@]1(c3ccc(O)c(O)c3)Oc3cc(O)c4c(c3[C@@H]2[C@H]1O)OC(c1ccc(O)c(O)c1)[C@H](O)C4c1c(O)cc(O)c2c1O[C@H](c1ccc(O)c(O)c1)[C@H](O)C2. The fourth-order valence-electron chi connectivity index (χ4n) is 9.32. The quantitative estimate of drug-likeness (QED) is 0.110. The number of phenols is 11. The van der Waals surface area contributed by atoms with Crippen LogP contribution in [0, 0.1) is 0 Å². The van der Waals surface area contributed by atoms with E-state index in [4.69, 9.17) is 18.9 Å². The second kappa shape index (κ2) is 13.6. The van der Waals surface area contributed by atoms with Crippen molar-refractivity contribution in [1.29, 1.82) is 0 Å². The van der Waals surface area contributed by atoms with E-state index in [-0.39, 0.29) is 73.9 Å². The minimum absolute atomic E-state index is 0.0325.